The Hall–Kier alpha value is -7.89. The van der Waals surface area contributed by atoms with E-state index in [0.29, 0.717) is 41.2 Å². The van der Waals surface area contributed by atoms with Crippen LogP contribution in [-0.4, -0.2) is 272 Å². The van der Waals surface area contributed by atoms with E-state index in [1.54, 1.807) is 47.4 Å². The first-order valence-corrected chi connectivity index (χ1v) is 51.2. The second kappa shape index (κ2) is 55.8. The van der Waals surface area contributed by atoms with Crippen LogP contribution in [0.25, 0.3) is 22.1 Å². The molecule has 131 heavy (non-hydrogen) atoms. The summed E-state index contributed by atoms with van der Waals surface area (Å²) in [7, 11) is 2.91. The van der Waals surface area contributed by atoms with Gasteiger partial charge in [0.1, 0.15) is 16.6 Å². The molecule has 8 N–H and O–H groups in total. The van der Waals surface area contributed by atoms with Gasteiger partial charge in [-0.15, -0.1) is 20.4 Å². The number of likely N-dealkylation sites (N-methyl/N-ethyl adjacent to an activating group) is 2. The number of aryl methyl sites for hydroxylation is 2. The highest BCUT2D eigenvalue weighted by molar-refractivity contribution is 9.11. The monoisotopic (exact) mass is 2320 g/mol. The number of hydrogen-bond acceptors (Lipinski definition) is 22. The molecule has 6 amide bonds. The number of fused-ring (bicyclic) bond motifs is 2. The molecule has 37 heteroatoms. The molecule has 7 heterocycles. The summed E-state index contributed by atoms with van der Waals surface area (Å²) in [5, 5.41) is 26.9. The molecular formula is C94H117Br8N19O9S. The third kappa shape index (κ3) is 39.9. The number of piperazine rings is 1. The van der Waals surface area contributed by atoms with E-state index >= 15 is 0 Å². The minimum absolute atomic E-state index is 0.00509. The van der Waals surface area contributed by atoms with Gasteiger partial charge in [-0.1, -0.05) is 146 Å². The van der Waals surface area contributed by atoms with Gasteiger partial charge >= 0.3 is 6.09 Å². The molecule has 0 bridgehead atoms. The van der Waals surface area contributed by atoms with Crippen LogP contribution < -0.4 is 32.7 Å². The van der Waals surface area contributed by atoms with Crippen LogP contribution in [0.3, 0.4) is 0 Å². The maximum absolute atomic E-state index is 12.2. The lowest BCUT2D eigenvalue weighted by molar-refractivity contribution is 0.0289. The molecule has 5 fully saturated rings. The van der Waals surface area contributed by atoms with E-state index in [2.05, 4.69) is 206 Å². The number of amides is 6. The van der Waals surface area contributed by atoms with Crippen molar-refractivity contribution in [1.29, 1.82) is 0 Å². The van der Waals surface area contributed by atoms with Gasteiger partial charge in [0.25, 0.3) is 29.5 Å². The maximum Gasteiger partial charge on any atom is 0.410 e. The van der Waals surface area contributed by atoms with Crippen LogP contribution in [0.5, 0.6) is 0 Å². The van der Waals surface area contributed by atoms with Gasteiger partial charge in [0.2, 0.25) is 11.9 Å². The van der Waals surface area contributed by atoms with E-state index in [9.17, 15) is 37.2 Å². The normalized spacial score (nSPS) is 15.0. The number of likely N-dealkylation sites (tertiary alicyclic amines) is 4. The number of nitrogens with two attached hydrogens (primary N) is 2. The number of benzene rings is 8. The van der Waals surface area contributed by atoms with Crippen molar-refractivity contribution in [2.75, 3.05) is 163 Å². The van der Waals surface area contributed by atoms with E-state index in [-0.39, 0.29) is 59.3 Å². The maximum atomic E-state index is 12.2. The minimum atomic E-state index is -3.13. The van der Waals surface area contributed by atoms with Crippen molar-refractivity contribution in [2.45, 2.75) is 103 Å². The number of sulfone groups is 1. The fraction of sp³-hybridized carbons (Fsp3) is 0.404. The molecule has 0 aliphatic carbocycles. The molecule has 0 unspecified atom stereocenters. The first kappa shape index (κ1) is 108. The molecule has 10 aromatic rings. The number of rotatable bonds is 20. The molecule has 5 aliphatic rings. The molecule has 5 aliphatic heterocycles. The quantitative estimate of drug-likeness (QED) is 0.0413. The zero-order valence-corrected chi connectivity index (χ0v) is 88.6. The second-order valence-electron chi connectivity index (χ2n) is 32.9. The number of halogens is 8. The number of ether oxygens (including phenoxy) is 1. The number of nitrogens with one attached hydrogen (secondary N) is 4. The average Bonchev–Trinajstić information content (AvgIpc) is 1.81. The molecule has 0 spiro atoms. The van der Waals surface area contributed by atoms with Gasteiger partial charge in [0, 0.05) is 148 Å². The van der Waals surface area contributed by atoms with Crippen LogP contribution in [0, 0.1) is 13.8 Å². The number of aromatic nitrogens is 6. The van der Waals surface area contributed by atoms with Crippen molar-refractivity contribution < 1.29 is 41.9 Å². The summed E-state index contributed by atoms with van der Waals surface area (Å²) in [4.78, 5) is 95.0. The van der Waals surface area contributed by atoms with Gasteiger partial charge in [0.15, 0.2) is 9.84 Å². The third-order valence-electron chi connectivity index (χ3n) is 20.8. The lowest BCUT2D eigenvalue weighted by Gasteiger charge is -2.32. The van der Waals surface area contributed by atoms with Gasteiger partial charge in [-0.3, -0.25) is 24.0 Å². The topological polar surface area (TPSA) is 346 Å². The fourth-order valence-corrected chi connectivity index (χ4v) is 18.1. The van der Waals surface area contributed by atoms with E-state index in [0.717, 1.165) is 171 Å². The van der Waals surface area contributed by atoms with Crippen LogP contribution in [0.4, 0.5) is 16.7 Å². The molecule has 28 nitrogen and oxygen atoms in total. The average molecular weight is 2330 g/mol. The molecule has 0 radical (unpaired) electrons. The second-order valence-corrected chi connectivity index (χ2v) is 42.3. The van der Waals surface area contributed by atoms with E-state index in [1.807, 2.05) is 186 Å². The Morgan fingerprint density at radius 3 is 1.41 bits per heavy atom. The Kier molecular flexibility index (Phi) is 46.2. The Balaban J connectivity index is 0.000000185. The Morgan fingerprint density at radius 1 is 0.458 bits per heavy atom. The molecule has 15 rings (SSSR count). The Labute approximate surface area is 836 Å². The summed E-state index contributed by atoms with van der Waals surface area (Å²) in [5.41, 5.74) is 19.0. The number of nitrogens with zero attached hydrogens (tertiary/aromatic N) is 13. The van der Waals surface area contributed by atoms with Crippen molar-refractivity contribution >= 4 is 207 Å². The zero-order chi connectivity index (χ0) is 95.2. The number of nitrogen functional groups attached to an aromatic ring is 2. The predicted molar refractivity (Wildman–Crippen MR) is 550 cm³/mol. The van der Waals surface area contributed by atoms with E-state index < -0.39 is 15.4 Å². The lowest BCUT2D eigenvalue weighted by Crippen LogP contribution is -2.47. The molecule has 5 saturated heterocycles. The standard InChI is InChI=1S/C16H21BrN2O3.2C13H17BrN2O.C13H18BrNO2S.C12H15BrN2O.C11H15BrN2O.2C8H7BrN4/c1-16(2,3)22-15(21)19-8-7-13(10-19)18-14(20)11-5-4-6-12(17)9-11;14-12-5-3-11(4-6-12)13(17)15-7-10-16-8-1-2-9-16;14-12-5-3-4-11(10-12)13(17)15-6-9-16-7-1-2-8-16;14-12-5-3-6-13(11-12)18(16,17)10-4-9-15-7-1-2-8-15;1-14-6-8-15(9-7-14)12(16)10-2-4-11(13)5-3-10;1-14(2)8-7-13-11(15)9-3-5-10(12)6-4-9;1-4-2-6-7(3-5(4)9)12-13-8(10)11-6;1-4-2-5(9)3-6-7(4)11-8(10)13-12-6/h4-6,9,13H,7-8,10H2,1-3H3,(H,18,20);3-6H,1-2,7-10H2,(H,15,17);3-5,10H,1-2,6-9H2,(H,15,17);3,5-6,11H,1-2,4,7-10H2;2-5H,6-9H2,1H3;3-6H,7-8H2,1-2H3,(H,13,15);2*2-3H,1H3,(H2,10,11,13)/t13-;;;;;;;/m1......./s1. The summed E-state index contributed by atoms with van der Waals surface area (Å²) in [6.45, 7) is 26.8. The van der Waals surface area contributed by atoms with Crippen molar-refractivity contribution in [3.63, 3.8) is 0 Å². The van der Waals surface area contributed by atoms with E-state index in [1.165, 1.54) is 64.7 Å². The lowest BCUT2D eigenvalue weighted by atomic mass is 10.2. The summed E-state index contributed by atoms with van der Waals surface area (Å²) in [6.07, 6.45) is 8.79. The van der Waals surface area contributed by atoms with Crippen molar-refractivity contribution in [3.05, 3.63) is 245 Å². The fourth-order valence-electron chi connectivity index (χ4n) is 13.8. The molecule has 0 saturated carbocycles. The van der Waals surface area contributed by atoms with Gasteiger partial charge in [0.05, 0.1) is 21.7 Å². The van der Waals surface area contributed by atoms with Crippen molar-refractivity contribution in [1.82, 2.24) is 85.9 Å². The SMILES string of the molecule is CC(C)(C)OC(=O)N1CC[C@@H](NC(=O)c2cccc(Br)c2)C1.CN(C)CCNC(=O)c1ccc(Br)cc1.CN1CCN(C(=O)c2ccc(Br)cc2)CC1.Cc1cc(Br)cc2nnc(N)nc12.Cc1cc2nc(N)nnc2cc1Br.O=C(NCCN1CCCC1)c1ccc(Br)cc1.O=C(NCCN1CCCC1)c1cccc(Br)c1.O=S(=O)(CCCN1CCCC1)c1cccc(Br)c1. The van der Waals surface area contributed by atoms with Crippen molar-refractivity contribution in [3.8, 4) is 0 Å². The summed E-state index contributed by atoms with van der Waals surface area (Å²) >= 11 is 26.8. The van der Waals surface area contributed by atoms with Crippen LogP contribution in [0.2, 0.25) is 0 Å². The van der Waals surface area contributed by atoms with Crippen LogP contribution in [-0.2, 0) is 14.6 Å². The number of carbonyl (C=O) groups excluding carboxylic acids is 6. The van der Waals surface area contributed by atoms with Gasteiger partial charge < -0.3 is 71.8 Å². The highest BCUT2D eigenvalue weighted by Crippen LogP contribution is 2.26. The highest BCUT2D eigenvalue weighted by atomic mass is 79.9. The minimum Gasteiger partial charge on any atom is -0.444 e. The molecule has 2 aromatic heterocycles. The van der Waals surface area contributed by atoms with Crippen LogP contribution in [0.1, 0.15) is 135 Å². The molecular weight excluding hydrogens is 2210 g/mol. The van der Waals surface area contributed by atoms with Crippen molar-refractivity contribution in [2.24, 2.45) is 0 Å². The van der Waals surface area contributed by atoms with Gasteiger partial charge in [-0.2, -0.15) is 0 Å². The van der Waals surface area contributed by atoms with Crippen LogP contribution in [0.15, 0.2) is 211 Å². The molecule has 704 valence electrons. The van der Waals surface area contributed by atoms with E-state index in [4.69, 9.17) is 16.2 Å². The largest absolute Gasteiger partial charge is 0.444 e. The smallest absolute Gasteiger partial charge is 0.410 e. The molecule has 8 aromatic carbocycles. The van der Waals surface area contributed by atoms with Gasteiger partial charge in [-0.25, -0.2) is 23.2 Å². The summed E-state index contributed by atoms with van der Waals surface area (Å²) < 4.78 is 37.1. The molecule has 1 atom stereocenters. The zero-order valence-electron chi connectivity index (χ0n) is 75.1. The summed E-state index contributed by atoms with van der Waals surface area (Å²) in [5.74, 6) is 0.650. The highest BCUT2D eigenvalue weighted by Gasteiger charge is 2.31. The van der Waals surface area contributed by atoms with Crippen LogP contribution >= 0.6 is 127 Å². The summed E-state index contributed by atoms with van der Waals surface area (Å²) in [6, 6.07) is 51.5. The number of hydrogen-bond donors (Lipinski definition) is 6. The Bertz CT molecular complexity index is 5460. The predicted octanol–water partition coefficient (Wildman–Crippen LogP) is 17.4. The third-order valence-corrected chi connectivity index (χ3v) is 27.0. The first-order valence-electron chi connectivity index (χ1n) is 43.2. The van der Waals surface area contributed by atoms with Gasteiger partial charge in [-0.05, 0) is 316 Å². The Morgan fingerprint density at radius 2 is 0.916 bits per heavy atom. The number of anilines is 2. The first-order chi connectivity index (χ1) is 62.4. The number of carbonyl (C=O) groups is 6.